The number of ether oxygens (including phenoxy) is 1. The average Bonchev–Trinajstić information content (AvgIpc) is 2.37. The number of rotatable bonds is 7. The fourth-order valence-electron chi connectivity index (χ4n) is 1.59. The molecule has 1 rings (SSSR count). The van der Waals surface area contributed by atoms with Crippen LogP contribution in [0.2, 0.25) is 5.02 Å². The van der Waals surface area contributed by atoms with Crippen molar-refractivity contribution in [3.05, 3.63) is 28.8 Å². The summed E-state index contributed by atoms with van der Waals surface area (Å²) in [5.41, 5.74) is -0.223. The van der Waals surface area contributed by atoms with E-state index in [0.29, 0.717) is 6.42 Å². The fraction of sp³-hybridized carbons (Fsp3) is 0.417. The number of carboxylic acids is 1. The molecule has 0 bridgehead atoms. The molecule has 0 aromatic heterocycles. The summed E-state index contributed by atoms with van der Waals surface area (Å²) in [6.07, 6.45) is 0.0807. The normalized spacial score (nSPS) is 12.9. The van der Waals surface area contributed by atoms with E-state index in [4.69, 9.17) is 21.4 Å². The zero-order chi connectivity index (χ0) is 15.3. The number of benzene rings is 1. The van der Waals surface area contributed by atoms with Crippen LogP contribution < -0.4 is 4.72 Å². The van der Waals surface area contributed by atoms with E-state index >= 15 is 0 Å². The van der Waals surface area contributed by atoms with Crippen LogP contribution in [0.1, 0.15) is 23.7 Å². The molecule has 0 aliphatic heterocycles. The number of methoxy groups -OCH3 is 1. The molecule has 0 saturated carbocycles. The SMILES string of the molecule is CCC(CS(=O)(=O)Nc1ccc(Cl)cc1C(=O)O)OC. The van der Waals surface area contributed by atoms with Gasteiger partial charge in [-0.25, -0.2) is 13.2 Å². The van der Waals surface area contributed by atoms with E-state index in [9.17, 15) is 13.2 Å². The maximum absolute atomic E-state index is 12.0. The first kappa shape index (κ1) is 16.7. The molecular weight excluding hydrogens is 306 g/mol. The molecule has 0 radical (unpaired) electrons. The Morgan fingerprint density at radius 2 is 2.15 bits per heavy atom. The highest BCUT2D eigenvalue weighted by molar-refractivity contribution is 7.92. The van der Waals surface area contributed by atoms with E-state index in [1.165, 1.54) is 25.3 Å². The summed E-state index contributed by atoms with van der Waals surface area (Å²) < 4.78 is 31.2. The second-order valence-corrected chi connectivity index (χ2v) is 6.35. The van der Waals surface area contributed by atoms with Gasteiger partial charge in [0.25, 0.3) is 0 Å². The van der Waals surface area contributed by atoms with E-state index in [0.717, 1.165) is 0 Å². The van der Waals surface area contributed by atoms with Crippen molar-refractivity contribution in [2.24, 2.45) is 0 Å². The van der Waals surface area contributed by atoms with Crippen LogP contribution >= 0.6 is 11.6 Å². The van der Waals surface area contributed by atoms with Crippen LogP contribution in [0.3, 0.4) is 0 Å². The minimum Gasteiger partial charge on any atom is -0.478 e. The van der Waals surface area contributed by atoms with Gasteiger partial charge < -0.3 is 9.84 Å². The van der Waals surface area contributed by atoms with E-state index in [1.54, 1.807) is 6.92 Å². The number of carbonyl (C=O) groups is 1. The Hall–Kier alpha value is -1.31. The largest absolute Gasteiger partial charge is 0.478 e. The third kappa shape index (κ3) is 4.66. The first-order chi connectivity index (χ1) is 9.29. The molecule has 0 heterocycles. The second kappa shape index (κ2) is 6.92. The lowest BCUT2D eigenvalue weighted by Gasteiger charge is -2.15. The predicted octanol–water partition coefficient (Wildman–Crippen LogP) is 2.20. The summed E-state index contributed by atoms with van der Waals surface area (Å²) in [7, 11) is -2.28. The molecule has 1 aromatic carbocycles. The van der Waals surface area contributed by atoms with Gasteiger partial charge in [0.1, 0.15) is 0 Å². The second-order valence-electron chi connectivity index (χ2n) is 4.14. The number of halogens is 1. The molecule has 0 amide bonds. The smallest absolute Gasteiger partial charge is 0.337 e. The number of aromatic carboxylic acids is 1. The van der Waals surface area contributed by atoms with Crippen LogP contribution in [0.5, 0.6) is 0 Å². The molecule has 0 spiro atoms. The van der Waals surface area contributed by atoms with Gasteiger partial charge in [-0.05, 0) is 24.6 Å². The summed E-state index contributed by atoms with van der Waals surface area (Å²) in [5.74, 6) is -1.51. The summed E-state index contributed by atoms with van der Waals surface area (Å²) in [5, 5.41) is 9.26. The molecule has 0 aliphatic carbocycles. The van der Waals surface area contributed by atoms with Crippen LogP contribution in [-0.2, 0) is 14.8 Å². The van der Waals surface area contributed by atoms with Crippen LogP contribution in [0.15, 0.2) is 18.2 Å². The molecule has 20 heavy (non-hydrogen) atoms. The molecule has 0 saturated heterocycles. The summed E-state index contributed by atoms with van der Waals surface area (Å²) in [6.45, 7) is 1.80. The number of hydrogen-bond donors (Lipinski definition) is 2. The lowest BCUT2D eigenvalue weighted by atomic mass is 10.2. The van der Waals surface area contributed by atoms with E-state index in [-0.39, 0.29) is 22.0 Å². The van der Waals surface area contributed by atoms with Crippen molar-refractivity contribution in [3.8, 4) is 0 Å². The first-order valence-corrected chi connectivity index (χ1v) is 7.88. The lowest BCUT2D eigenvalue weighted by Crippen LogP contribution is -2.27. The molecule has 0 aliphatic rings. The average molecular weight is 322 g/mol. The Kier molecular flexibility index (Phi) is 5.79. The Morgan fingerprint density at radius 1 is 1.50 bits per heavy atom. The standard InChI is InChI=1S/C12H16ClNO5S/c1-3-9(19-2)7-20(17,18)14-11-5-4-8(13)6-10(11)12(15)16/h4-6,9,14H,3,7H2,1-2H3,(H,15,16). The van der Waals surface area contributed by atoms with Gasteiger partial charge in [-0.15, -0.1) is 0 Å². The van der Waals surface area contributed by atoms with Gasteiger partial charge in [0, 0.05) is 12.1 Å². The number of hydrogen-bond acceptors (Lipinski definition) is 4. The molecule has 6 nitrogen and oxygen atoms in total. The third-order valence-electron chi connectivity index (χ3n) is 2.67. The maximum Gasteiger partial charge on any atom is 0.337 e. The van der Waals surface area contributed by atoms with Crippen LogP contribution in [0, 0.1) is 0 Å². The summed E-state index contributed by atoms with van der Waals surface area (Å²) >= 11 is 5.70. The van der Waals surface area contributed by atoms with Crippen LogP contribution in [-0.4, -0.2) is 38.5 Å². The highest BCUT2D eigenvalue weighted by Crippen LogP contribution is 2.22. The summed E-state index contributed by atoms with van der Waals surface area (Å²) in [6, 6.07) is 3.92. The molecule has 2 N–H and O–H groups in total. The quantitative estimate of drug-likeness (QED) is 0.803. The zero-order valence-electron chi connectivity index (χ0n) is 11.1. The summed E-state index contributed by atoms with van der Waals surface area (Å²) in [4.78, 5) is 11.1. The molecule has 1 unspecified atom stereocenters. The van der Waals surface area contributed by atoms with Gasteiger partial charge in [0.2, 0.25) is 10.0 Å². The first-order valence-electron chi connectivity index (χ1n) is 5.85. The van der Waals surface area contributed by atoms with E-state index in [1.807, 2.05) is 0 Å². The van der Waals surface area contributed by atoms with Gasteiger partial charge >= 0.3 is 5.97 Å². The molecular formula is C12H16ClNO5S. The lowest BCUT2D eigenvalue weighted by molar-refractivity contribution is 0.0698. The highest BCUT2D eigenvalue weighted by Gasteiger charge is 2.20. The minimum atomic E-state index is -3.71. The number of anilines is 1. The van der Waals surface area contributed by atoms with Gasteiger partial charge in [-0.2, -0.15) is 0 Å². The Morgan fingerprint density at radius 3 is 2.65 bits per heavy atom. The highest BCUT2D eigenvalue weighted by atomic mass is 35.5. The minimum absolute atomic E-state index is 0.0205. The Labute approximate surface area is 122 Å². The van der Waals surface area contributed by atoms with Gasteiger partial charge in [-0.3, -0.25) is 4.72 Å². The number of sulfonamides is 1. The van der Waals surface area contributed by atoms with Crippen molar-refractivity contribution in [1.82, 2.24) is 0 Å². The van der Waals surface area contributed by atoms with Crippen molar-refractivity contribution in [2.45, 2.75) is 19.4 Å². The van der Waals surface area contributed by atoms with Crippen molar-refractivity contribution in [3.63, 3.8) is 0 Å². The van der Waals surface area contributed by atoms with Gasteiger partial charge in [0.05, 0.1) is 23.1 Å². The Balaban J connectivity index is 3.01. The third-order valence-corrected chi connectivity index (χ3v) is 4.25. The van der Waals surface area contributed by atoms with Crippen molar-refractivity contribution >= 4 is 33.3 Å². The monoisotopic (exact) mass is 321 g/mol. The molecule has 1 atom stereocenters. The molecule has 0 fully saturated rings. The zero-order valence-corrected chi connectivity index (χ0v) is 12.7. The molecule has 1 aromatic rings. The van der Waals surface area contributed by atoms with Crippen LogP contribution in [0.4, 0.5) is 5.69 Å². The molecule has 8 heteroatoms. The number of nitrogens with one attached hydrogen (secondary N) is 1. The fourth-order valence-corrected chi connectivity index (χ4v) is 3.22. The Bertz CT molecular complexity index is 584. The van der Waals surface area contributed by atoms with Crippen molar-refractivity contribution < 1.29 is 23.1 Å². The van der Waals surface area contributed by atoms with E-state index in [2.05, 4.69) is 4.72 Å². The van der Waals surface area contributed by atoms with E-state index < -0.39 is 22.1 Å². The molecule has 112 valence electrons. The predicted molar refractivity (Wildman–Crippen MR) is 76.9 cm³/mol. The topological polar surface area (TPSA) is 92.7 Å². The number of carboxylic acid groups (broad SMARTS) is 1. The van der Waals surface area contributed by atoms with Gasteiger partial charge in [0.15, 0.2) is 0 Å². The maximum atomic E-state index is 12.0. The van der Waals surface area contributed by atoms with Crippen molar-refractivity contribution in [2.75, 3.05) is 17.6 Å². The van der Waals surface area contributed by atoms with Gasteiger partial charge in [-0.1, -0.05) is 18.5 Å². The van der Waals surface area contributed by atoms with Crippen molar-refractivity contribution in [1.29, 1.82) is 0 Å². The van der Waals surface area contributed by atoms with Crippen LogP contribution in [0.25, 0.3) is 0 Å².